The molecule has 0 saturated carbocycles. The van der Waals surface area contributed by atoms with Crippen molar-refractivity contribution < 1.29 is 89.5 Å². The van der Waals surface area contributed by atoms with Gasteiger partial charge in [0.15, 0.2) is 29.5 Å². The summed E-state index contributed by atoms with van der Waals surface area (Å²) >= 11 is 20.4. The topological polar surface area (TPSA) is 286 Å². The molecule has 7 heterocycles. The van der Waals surface area contributed by atoms with Gasteiger partial charge < -0.3 is 38.5 Å². The summed E-state index contributed by atoms with van der Waals surface area (Å²) in [6, 6.07) is 16.4. The predicted octanol–water partition coefficient (Wildman–Crippen LogP) is 15.2. The Morgan fingerprint density at radius 2 is 0.919 bits per heavy atom. The average Bonchev–Trinajstić information content (AvgIpc) is 1.71. The van der Waals surface area contributed by atoms with Crippen LogP contribution in [0.25, 0.3) is 38.8 Å². The molecule has 99 heavy (non-hydrogen) atoms. The number of halogens is 10. The van der Waals surface area contributed by atoms with E-state index in [2.05, 4.69) is 50.6 Å². The number of fused-ring (bicyclic) bond motifs is 3. The van der Waals surface area contributed by atoms with Crippen molar-refractivity contribution >= 4 is 144 Å². The molecule has 0 radical (unpaired) electrons. The van der Waals surface area contributed by atoms with Crippen LogP contribution in [0.5, 0.6) is 0 Å². The van der Waals surface area contributed by atoms with Gasteiger partial charge in [0.05, 0.1) is 67.3 Å². The number of H-pyrrole nitrogens is 3. The van der Waals surface area contributed by atoms with E-state index < -0.39 is 118 Å². The summed E-state index contributed by atoms with van der Waals surface area (Å²) in [6.45, 7) is 13.5. The highest BCUT2D eigenvalue weighted by atomic mass is 79.9. The summed E-state index contributed by atoms with van der Waals surface area (Å²) in [5, 5.41) is 2.49. The molecular formula is C65H67BBrCl3F6N6O14S3. The Hall–Kier alpha value is -7.62. The Bertz CT molecular complexity index is 4850. The molecule has 1 aliphatic heterocycles. The van der Waals surface area contributed by atoms with Crippen molar-refractivity contribution in [3.05, 3.63) is 193 Å². The first-order valence-electron chi connectivity index (χ1n) is 28.9. The Labute approximate surface area is 591 Å². The van der Waals surface area contributed by atoms with E-state index >= 15 is 0 Å². The van der Waals surface area contributed by atoms with Gasteiger partial charge in [-0.25, -0.2) is 63.0 Å². The zero-order chi connectivity index (χ0) is 71.5. The summed E-state index contributed by atoms with van der Waals surface area (Å²) in [6.07, 6.45) is 6.86. The van der Waals surface area contributed by atoms with Crippen molar-refractivity contribution in [1.82, 2.24) is 29.9 Å². The number of esters is 3. The van der Waals surface area contributed by atoms with E-state index in [1.165, 1.54) is 48.9 Å². The van der Waals surface area contributed by atoms with Crippen LogP contribution in [0.3, 0.4) is 0 Å². The smallest absolute Gasteiger partial charge is 0.466 e. The second kappa shape index (κ2) is 34.6. The zero-order valence-corrected chi connectivity index (χ0v) is 58.6. The van der Waals surface area contributed by atoms with E-state index in [-0.39, 0.29) is 88.4 Å². The maximum atomic E-state index is 14.4. The van der Waals surface area contributed by atoms with Gasteiger partial charge in [0.25, 0.3) is 0 Å². The highest BCUT2D eigenvalue weighted by Gasteiger charge is 2.50. The summed E-state index contributed by atoms with van der Waals surface area (Å²) < 4.78 is 186. The molecule has 9 aromatic rings. The van der Waals surface area contributed by atoms with Crippen molar-refractivity contribution in [2.24, 2.45) is 0 Å². The SMILES string of the molecule is C.C.CCOC(=O)/C=C/B1OC(C)(C)C(C)(C)O1.CCOC(=O)/C=C/c1cc(F)c(CS(=O)(=O)c2c[nH]c3cc(Cl)ccc23)nc1F.CCOC(=O)CCc1cc(F)c(CS(=O)(=O)c2c[nH]c3cc(Cl)ccc23)nc1F.O=S(=O)(Cc1nc(F)c(Br)cc1F)c1c[nH]c2cc(Cl)ccc12. The van der Waals surface area contributed by atoms with Crippen LogP contribution >= 0.6 is 50.7 Å². The molecular weight excluding hydrogens is 1500 g/mol. The van der Waals surface area contributed by atoms with Crippen LogP contribution in [0.2, 0.25) is 15.1 Å². The summed E-state index contributed by atoms with van der Waals surface area (Å²) in [7, 11) is -12.5. The molecule has 3 aromatic carbocycles. The van der Waals surface area contributed by atoms with E-state index in [4.69, 9.17) is 53.6 Å². The number of hydrogen-bond acceptors (Lipinski definition) is 17. The molecule has 532 valence electrons. The number of benzene rings is 3. The molecule has 0 unspecified atom stereocenters. The summed E-state index contributed by atoms with van der Waals surface area (Å²) in [4.78, 5) is 52.3. The predicted molar refractivity (Wildman–Crippen MR) is 369 cm³/mol. The molecule has 0 bridgehead atoms. The van der Waals surface area contributed by atoms with Gasteiger partial charge in [-0.05, 0) is 137 Å². The third-order valence-corrected chi connectivity index (χ3v) is 20.6. The average molecular weight is 1560 g/mol. The number of rotatable bonds is 19. The van der Waals surface area contributed by atoms with Gasteiger partial charge in [0.2, 0.25) is 17.8 Å². The Kier molecular flexibility index (Phi) is 28.7. The molecule has 0 aliphatic carbocycles. The Balaban J connectivity index is 0.000000242. The van der Waals surface area contributed by atoms with Crippen LogP contribution in [0.15, 0.2) is 129 Å². The molecule has 1 fully saturated rings. The van der Waals surface area contributed by atoms with Crippen molar-refractivity contribution in [2.75, 3.05) is 19.8 Å². The third kappa shape index (κ3) is 21.2. The molecule has 34 heteroatoms. The number of carbonyl (C=O) groups is 3. The minimum atomic E-state index is -4.03. The second-order valence-corrected chi connectivity index (χ2v) is 29.8. The van der Waals surface area contributed by atoms with Crippen LogP contribution in [0.4, 0.5) is 26.3 Å². The molecule has 0 atom stereocenters. The number of pyridine rings is 3. The standard InChI is InChI=1S/C19H17ClF2N2O4S.C19H15ClF2N2O4S.C14H8BrClF2N2O2S.C11H19BO4.2CH4/c2*1-2-28-18(25)6-3-11-7-14(21)16(24-19(11)22)10-29(26,27)17-9-23-15-8-12(20)4-5-13(15)17;15-9-4-10(17)12(20-14(9)18)6-23(21,22)13-5-19-11-3-7(16)1-2-8(11)13;1-6-14-9(13)7-8-12-15-10(2,3)11(4,5)16-12;;/h4-5,7-9,23H,2-3,6,10H2,1H3;3-9,23H,2,10H2,1H3;1-5,19H,6H2;7-8H,6H2,1-5H3;2*1H4/b;6-3+;;8-7+;;. The lowest BCUT2D eigenvalue weighted by atomic mass is 9.90. The van der Waals surface area contributed by atoms with E-state index in [1.807, 2.05) is 27.7 Å². The Morgan fingerprint density at radius 3 is 1.33 bits per heavy atom. The van der Waals surface area contributed by atoms with Crippen LogP contribution < -0.4 is 0 Å². The minimum Gasteiger partial charge on any atom is -0.466 e. The first kappa shape index (κ1) is 82.1. The van der Waals surface area contributed by atoms with Gasteiger partial charge in [0.1, 0.15) is 34.7 Å². The van der Waals surface area contributed by atoms with Crippen molar-refractivity contribution in [2.45, 2.75) is 119 Å². The quantitative estimate of drug-likeness (QED) is 0.0169. The van der Waals surface area contributed by atoms with Crippen molar-refractivity contribution in [3.63, 3.8) is 0 Å². The highest BCUT2D eigenvalue weighted by Crippen LogP contribution is 2.37. The molecule has 10 rings (SSSR count). The van der Waals surface area contributed by atoms with Gasteiger partial charge in [-0.3, -0.25) is 4.79 Å². The number of carbonyl (C=O) groups excluding carboxylic acids is 3. The van der Waals surface area contributed by atoms with Gasteiger partial charge in [-0.2, -0.15) is 13.2 Å². The van der Waals surface area contributed by atoms with Crippen LogP contribution in [-0.2, 0) is 91.1 Å². The first-order valence-corrected chi connectivity index (χ1v) is 35.7. The lowest BCUT2D eigenvalue weighted by Crippen LogP contribution is -2.41. The lowest BCUT2D eigenvalue weighted by Gasteiger charge is -2.32. The van der Waals surface area contributed by atoms with E-state index in [0.29, 0.717) is 54.4 Å². The molecule has 1 saturated heterocycles. The third-order valence-electron chi connectivity index (χ3n) is 14.4. The maximum Gasteiger partial charge on any atom is 0.487 e. The van der Waals surface area contributed by atoms with Crippen molar-refractivity contribution in [1.29, 1.82) is 0 Å². The fraction of sp³-hybridized carbons (Fsp3) is 0.292. The van der Waals surface area contributed by atoms with Crippen LogP contribution in [-0.4, -0.2) is 111 Å². The molecule has 20 nitrogen and oxygen atoms in total. The minimum absolute atomic E-state index is 0. The highest BCUT2D eigenvalue weighted by molar-refractivity contribution is 9.10. The van der Waals surface area contributed by atoms with Crippen LogP contribution in [0.1, 0.15) is 97.9 Å². The number of ether oxygens (including phenoxy) is 3. The van der Waals surface area contributed by atoms with Crippen LogP contribution in [0, 0.1) is 35.3 Å². The van der Waals surface area contributed by atoms with Gasteiger partial charge >= 0.3 is 25.0 Å². The van der Waals surface area contributed by atoms with Gasteiger partial charge in [-0.1, -0.05) is 67.9 Å². The number of nitrogens with zero attached hydrogens (tertiary/aromatic N) is 3. The fourth-order valence-electron chi connectivity index (χ4n) is 9.02. The number of nitrogens with one attached hydrogen (secondary N) is 3. The second-order valence-electron chi connectivity index (χ2n) is 21.8. The molecule has 0 spiro atoms. The molecule has 3 N–H and O–H groups in total. The van der Waals surface area contributed by atoms with Crippen molar-refractivity contribution in [3.8, 4) is 0 Å². The van der Waals surface area contributed by atoms with Gasteiger partial charge in [0, 0.05) is 96.1 Å². The molecule has 0 amide bonds. The lowest BCUT2D eigenvalue weighted by molar-refractivity contribution is -0.143. The first-order chi connectivity index (χ1) is 45.5. The van der Waals surface area contributed by atoms with Gasteiger partial charge in [-0.15, -0.1) is 0 Å². The number of aromatic nitrogens is 6. The number of aromatic amines is 3. The van der Waals surface area contributed by atoms with E-state index in [9.17, 15) is 66.0 Å². The summed E-state index contributed by atoms with van der Waals surface area (Å²) in [5.74, 6) is -8.45. The summed E-state index contributed by atoms with van der Waals surface area (Å²) in [5.41, 5.74) is -1.24. The number of aryl methyl sites for hydroxylation is 1. The molecule has 6 aromatic heterocycles. The zero-order valence-electron chi connectivity index (χ0n) is 52.3. The largest absolute Gasteiger partial charge is 0.487 e. The van der Waals surface area contributed by atoms with E-state index in [1.54, 1.807) is 57.1 Å². The fourth-order valence-corrected chi connectivity index (χ4v) is 14.2. The number of hydrogen-bond donors (Lipinski definition) is 3. The number of sulfone groups is 3. The van der Waals surface area contributed by atoms with E-state index in [0.717, 1.165) is 30.4 Å². The monoisotopic (exact) mass is 1560 g/mol. The Morgan fingerprint density at radius 1 is 0.545 bits per heavy atom. The normalized spacial score (nSPS) is 13.4. The molecule has 1 aliphatic rings. The maximum absolute atomic E-state index is 14.4.